The van der Waals surface area contributed by atoms with Gasteiger partial charge in [0.1, 0.15) is 17.3 Å². The number of ether oxygens (including phenoxy) is 2. The van der Waals surface area contributed by atoms with Crippen molar-refractivity contribution in [1.82, 2.24) is 9.55 Å². The Labute approximate surface area is 206 Å². The molecule has 0 bridgehead atoms. The van der Waals surface area contributed by atoms with Gasteiger partial charge >= 0.3 is 0 Å². The van der Waals surface area contributed by atoms with Gasteiger partial charge in [0.05, 0.1) is 24.8 Å². The van der Waals surface area contributed by atoms with E-state index in [0.29, 0.717) is 19.6 Å². The maximum Gasteiger partial charge on any atom is 0.227 e. The molecule has 1 fully saturated rings. The van der Waals surface area contributed by atoms with E-state index < -0.39 is 0 Å². The van der Waals surface area contributed by atoms with E-state index in [2.05, 4.69) is 41.8 Å². The highest BCUT2D eigenvalue weighted by Crippen LogP contribution is 2.33. The molecule has 180 valence electrons. The third kappa shape index (κ3) is 5.02. The van der Waals surface area contributed by atoms with Crippen LogP contribution in [0.3, 0.4) is 0 Å². The summed E-state index contributed by atoms with van der Waals surface area (Å²) in [4.78, 5) is 19.8. The summed E-state index contributed by atoms with van der Waals surface area (Å²) < 4.78 is 13.4. The summed E-state index contributed by atoms with van der Waals surface area (Å²) in [5, 5.41) is 0. The van der Waals surface area contributed by atoms with Crippen LogP contribution in [-0.2, 0) is 11.3 Å². The highest BCUT2D eigenvalue weighted by Gasteiger charge is 2.34. The van der Waals surface area contributed by atoms with Crippen molar-refractivity contribution in [2.45, 2.75) is 38.6 Å². The lowest BCUT2D eigenvalue weighted by Gasteiger charge is -2.18. The van der Waals surface area contributed by atoms with Crippen LogP contribution in [0.1, 0.15) is 36.6 Å². The first kappa shape index (κ1) is 23.0. The number of amides is 1. The number of aromatic nitrogens is 2. The number of hydrogen-bond donors (Lipinski definition) is 0. The van der Waals surface area contributed by atoms with Gasteiger partial charge in [-0.05, 0) is 73.9 Å². The molecule has 35 heavy (non-hydrogen) atoms. The minimum Gasteiger partial charge on any atom is -0.497 e. The largest absolute Gasteiger partial charge is 0.497 e. The van der Waals surface area contributed by atoms with Crippen molar-refractivity contribution in [2.75, 3.05) is 25.2 Å². The number of methoxy groups -OCH3 is 1. The van der Waals surface area contributed by atoms with Crippen LogP contribution in [0, 0.1) is 6.92 Å². The number of hydrogen-bond acceptors (Lipinski definition) is 4. The number of nitrogens with zero attached hydrogens (tertiary/aromatic N) is 3. The Kier molecular flexibility index (Phi) is 6.70. The molecule has 0 aliphatic carbocycles. The second-order valence-electron chi connectivity index (χ2n) is 9.09. The van der Waals surface area contributed by atoms with Crippen LogP contribution in [0.4, 0.5) is 5.69 Å². The fourth-order valence-electron chi connectivity index (χ4n) is 4.80. The standard InChI is InChI=1S/C29H31N3O3/c1-21-8-7-9-23(18-21)32-20-22(19-28(32)33)29-30-26-10-3-4-11-27(26)31(29)16-5-6-17-35-25-14-12-24(34-2)13-15-25/h3-4,7-15,18,22H,5-6,16-17,19-20H2,1-2H3. The molecule has 1 amide bonds. The van der Waals surface area contributed by atoms with Crippen molar-refractivity contribution < 1.29 is 14.3 Å². The summed E-state index contributed by atoms with van der Waals surface area (Å²) in [5.74, 6) is 2.91. The predicted octanol–water partition coefficient (Wildman–Crippen LogP) is 5.73. The number of anilines is 1. The summed E-state index contributed by atoms with van der Waals surface area (Å²) in [5.41, 5.74) is 4.23. The van der Waals surface area contributed by atoms with Crippen LogP contribution in [0.25, 0.3) is 11.0 Å². The van der Waals surface area contributed by atoms with E-state index in [1.165, 1.54) is 0 Å². The summed E-state index contributed by atoms with van der Waals surface area (Å²) in [7, 11) is 1.66. The van der Waals surface area contributed by atoms with Crippen LogP contribution in [0.2, 0.25) is 0 Å². The number of carbonyl (C=O) groups is 1. The van der Waals surface area contributed by atoms with E-state index in [0.717, 1.165) is 59.0 Å². The molecule has 0 radical (unpaired) electrons. The maximum atomic E-state index is 12.9. The molecule has 1 aliphatic heterocycles. The third-order valence-corrected chi connectivity index (χ3v) is 6.59. The van der Waals surface area contributed by atoms with Gasteiger partial charge in [-0.3, -0.25) is 4.79 Å². The molecule has 5 rings (SSSR count). The molecule has 0 spiro atoms. The van der Waals surface area contributed by atoms with Gasteiger partial charge in [0.15, 0.2) is 0 Å². The molecule has 6 heteroatoms. The lowest BCUT2D eigenvalue weighted by molar-refractivity contribution is -0.117. The maximum absolute atomic E-state index is 12.9. The molecule has 1 saturated heterocycles. The van der Waals surface area contributed by atoms with E-state index >= 15 is 0 Å². The molecule has 0 saturated carbocycles. The first-order valence-corrected chi connectivity index (χ1v) is 12.2. The topological polar surface area (TPSA) is 56.6 Å². The second-order valence-corrected chi connectivity index (χ2v) is 9.09. The zero-order chi connectivity index (χ0) is 24.2. The van der Waals surface area contributed by atoms with Crippen molar-refractivity contribution in [3.63, 3.8) is 0 Å². The van der Waals surface area contributed by atoms with Gasteiger partial charge in [-0.2, -0.15) is 0 Å². The molecule has 0 N–H and O–H groups in total. The molecule has 4 aromatic rings. The van der Waals surface area contributed by atoms with Gasteiger partial charge in [0.25, 0.3) is 0 Å². The summed E-state index contributed by atoms with van der Waals surface area (Å²) in [6.45, 7) is 4.21. The molecule has 2 heterocycles. The van der Waals surface area contributed by atoms with Crippen LogP contribution in [0.5, 0.6) is 11.5 Å². The zero-order valence-corrected chi connectivity index (χ0v) is 20.3. The van der Waals surface area contributed by atoms with Gasteiger partial charge in [0.2, 0.25) is 5.91 Å². The summed E-state index contributed by atoms with van der Waals surface area (Å²) in [6, 6.07) is 24.1. The number of benzene rings is 3. The Morgan fingerprint density at radius 1 is 0.971 bits per heavy atom. The number of imidazole rings is 1. The molecule has 3 aromatic carbocycles. The van der Waals surface area contributed by atoms with E-state index in [4.69, 9.17) is 14.5 Å². The Morgan fingerprint density at radius 3 is 2.57 bits per heavy atom. The van der Waals surface area contributed by atoms with Crippen molar-refractivity contribution >= 4 is 22.6 Å². The van der Waals surface area contributed by atoms with E-state index in [1.807, 2.05) is 47.4 Å². The van der Waals surface area contributed by atoms with E-state index in [-0.39, 0.29) is 11.8 Å². The number of carbonyl (C=O) groups excluding carboxylic acids is 1. The van der Waals surface area contributed by atoms with Crippen LogP contribution >= 0.6 is 0 Å². The van der Waals surface area contributed by atoms with Gasteiger partial charge < -0.3 is 18.9 Å². The first-order valence-electron chi connectivity index (χ1n) is 12.2. The average molecular weight is 470 g/mol. The SMILES string of the molecule is COc1ccc(OCCCCn2c(C3CC(=O)N(c4cccc(C)c4)C3)nc3ccccc32)cc1. The van der Waals surface area contributed by atoms with Gasteiger partial charge in [-0.1, -0.05) is 24.3 Å². The highest BCUT2D eigenvalue weighted by molar-refractivity contribution is 5.96. The lowest BCUT2D eigenvalue weighted by atomic mass is 10.1. The van der Waals surface area contributed by atoms with Gasteiger partial charge in [-0.25, -0.2) is 4.98 Å². The zero-order valence-electron chi connectivity index (χ0n) is 20.3. The Bertz CT molecular complexity index is 1310. The van der Waals surface area contributed by atoms with Crippen LogP contribution < -0.4 is 14.4 Å². The quantitative estimate of drug-likeness (QED) is 0.294. The first-order chi connectivity index (χ1) is 17.1. The molecular formula is C29H31N3O3. The summed E-state index contributed by atoms with van der Waals surface area (Å²) >= 11 is 0. The Hall–Kier alpha value is -3.80. The molecule has 6 nitrogen and oxygen atoms in total. The van der Waals surface area contributed by atoms with Gasteiger partial charge in [0, 0.05) is 31.1 Å². The molecule has 1 aliphatic rings. The van der Waals surface area contributed by atoms with Crippen molar-refractivity contribution in [2.24, 2.45) is 0 Å². The number of fused-ring (bicyclic) bond motifs is 1. The van der Waals surface area contributed by atoms with Crippen molar-refractivity contribution in [1.29, 1.82) is 0 Å². The molecule has 1 unspecified atom stereocenters. The number of rotatable bonds is 9. The fourth-order valence-corrected chi connectivity index (χ4v) is 4.80. The van der Waals surface area contributed by atoms with E-state index in [9.17, 15) is 4.79 Å². The summed E-state index contributed by atoms with van der Waals surface area (Å²) in [6.07, 6.45) is 2.38. The van der Waals surface area contributed by atoms with Crippen LogP contribution in [-0.4, -0.2) is 35.7 Å². The average Bonchev–Trinajstić information content (AvgIpc) is 3.44. The number of para-hydroxylation sites is 2. The number of unbranched alkanes of at least 4 members (excludes halogenated alkanes) is 1. The predicted molar refractivity (Wildman–Crippen MR) is 138 cm³/mol. The fraction of sp³-hybridized carbons (Fsp3) is 0.310. The molecule has 1 atom stereocenters. The second kappa shape index (κ2) is 10.2. The smallest absolute Gasteiger partial charge is 0.227 e. The highest BCUT2D eigenvalue weighted by atomic mass is 16.5. The van der Waals surface area contributed by atoms with Gasteiger partial charge in [-0.15, -0.1) is 0 Å². The van der Waals surface area contributed by atoms with Crippen molar-refractivity contribution in [3.8, 4) is 11.5 Å². The normalized spacial score (nSPS) is 15.7. The Balaban J connectivity index is 1.27. The number of aryl methyl sites for hydroxylation is 2. The lowest BCUT2D eigenvalue weighted by Crippen LogP contribution is -2.24. The minimum absolute atomic E-state index is 0.0750. The minimum atomic E-state index is 0.0750. The van der Waals surface area contributed by atoms with Crippen molar-refractivity contribution in [3.05, 3.63) is 84.2 Å². The molecule has 1 aromatic heterocycles. The molecular weight excluding hydrogens is 438 g/mol. The third-order valence-electron chi connectivity index (χ3n) is 6.59. The monoisotopic (exact) mass is 469 g/mol. The van der Waals surface area contributed by atoms with E-state index in [1.54, 1.807) is 7.11 Å². The Morgan fingerprint density at radius 2 is 1.77 bits per heavy atom. The van der Waals surface area contributed by atoms with Crippen LogP contribution in [0.15, 0.2) is 72.8 Å².